The zero-order chi connectivity index (χ0) is 25.6. The van der Waals surface area contributed by atoms with Crippen molar-refractivity contribution in [1.29, 1.82) is 0 Å². The third-order valence-corrected chi connectivity index (χ3v) is 5.47. The molecule has 2 aromatic carbocycles. The summed E-state index contributed by atoms with van der Waals surface area (Å²) in [6.07, 6.45) is -7.22. The van der Waals surface area contributed by atoms with Gasteiger partial charge in [-0.3, -0.25) is 9.59 Å². The molecular formula is C23H22O12. The number of fused-ring (bicyclic) bond motifs is 1. The van der Waals surface area contributed by atoms with Crippen LogP contribution in [0.2, 0.25) is 0 Å². The number of esters is 1. The third kappa shape index (κ3) is 4.41. The number of ether oxygens (including phenoxy) is 3. The van der Waals surface area contributed by atoms with E-state index in [-0.39, 0.29) is 22.3 Å². The van der Waals surface area contributed by atoms with Gasteiger partial charge in [-0.05, 0) is 25.1 Å². The smallest absolute Gasteiger partial charge is 0.303 e. The molecule has 0 bridgehead atoms. The zero-order valence-electron chi connectivity index (χ0n) is 18.4. The van der Waals surface area contributed by atoms with E-state index in [4.69, 9.17) is 18.6 Å². The fourth-order valence-corrected chi connectivity index (χ4v) is 3.80. The predicted octanol–water partition coefficient (Wildman–Crippen LogP) is 1.06. The van der Waals surface area contributed by atoms with E-state index < -0.39 is 70.9 Å². The first-order valence-corrected chi connectivity index (χ1v) is 10.4. The Bertz CT molecular complexity index is 1350. The molecule has 0 spiro atoms. The molecule has 3 aromatic rings. The van der Waals surface area contributed by atoms with Gasteiger partial charge in [0.05, 0.1) is 6.10 Å². The number of benzene rings is 2. The summed E-state index contributed by atoms with van der Waals surface area (Å²) >= 11 is 0. The Morgan fingerprint density at radius 2 is 1.69 bits per heavy atom. The molecule has 1 saturated heterocycles. The number of aliphatic hydroxyl groups excluding tert-OH is 2. The van der Waals surface area contributed by atoms with Crippen LogP contribution in [0.3, 0.4) is 0 Å². The highest BCUT2D eigenvalue weighted by Gasteiger charge is 2.46. The van der Waals surface area contributed by atoms with Crippen LogP contribution in [0.1, 0.15) is 13.8 Å². The highest BCUT2D eigenvalue weighted by Crippen LogP contribution is 2.39. The molecule has 186 valence electrons. The van der Waals surface area contributed by atoms with Crippen molar-refractivity contribution in [2.24, 2.45) is 0 Å². The zero-order valence-corrected chi connectivity index (χ0v) is 18.4. The Morgan fingerprint density at radius 1 is 0.971 bits per heavy atom. The van der Waals surface area contributed by atoms with Gasteiger partial charge in [0.2, 0.25) is 17.5 Å². The molecule has 4 rings (SSSR count). The molecule has 35 heavy (non-hydrogen) atoms. The van der Waals surface area contributed by atoms with E-state index in [0.29, 0.717) is 0 Å². The molecule has 0 aliphatic carbocycles. The monoisotopic (exact) mass is 490 g/mol. The van der Waals surface area contributed by atoms with Crippen molar-refractivity contribution in [2.45, 2.75) is 44.6 Å². The number of aromatic hydroxyl groups is 4. The average molecular weight is 490 g/mol. The van der Waals surface area contributed by atoms with Crippen molar-refractivity contribution in [1.82, 2.24) is 0 Å². The van der Waals surface area contributed by atoms with Gasteiger partial charge in [0.1, 0.15) is 34.7 Å². The fraction of sp³-hybridized carbons (Fsp3) is 0.304. The average Bonchev–Trinajstić information content (AvgIpc) is 2.77. The predicted molar refractivity (Wildman–Crippen MR) is 117 cm³/mol. The second-order valence-corrected chi connectivity index (χ2v) is 8.01. The molecule has 0 unspecified atom stereocenters. The lowest BCUT2D eigenvalue weighted by molar-refractivity contribution is -0.272. The Kier molecular flexibility index (Phi) is 6.19. The van der Waals surface area contributed by atoms with Gasteiger partial charge in [-0.1, -0.05) is 0 Å². The lowest BCUT2D eigenvalue weighted by atomic mass is 9.99. The normalized spacial score (nSPS) is 24.3. The van der Waals surface area contributed by atoms with Gasteiger partial charge >= 0.3 is 5.97 Å². The van der Waals surface area contributed by atoms with E-state index in [1.54, 1.807) is 0 Å². The summed E-state index contributed by atoms with van der Waals surface area (Å²) in [5.74, 6) is -3.59. The minimum Gasteiger partial charge on any atom is -0.508 e. The molecule has 1 aliphatic rings. The first-order valence-electron chi connectivity index (χ1n) is 10.4. The van der Waals surface area contributed by atoms with Gasteiger partial charge in [0.25, 0.3) is 0 Å². The standard InChI is InChI=1S/C23H22O12/c1-8-20(33-9(2)24)18(30)19(31)23(32-8)35-22-17(29)16-14(28)6-11(25)7-15(16)34-21(22)10-3-4-12(26)13(27)5-10/h3-8,18-20,23,25-28,30-31H,1-2H3/t8-,18-,19+,20+,23+/m0/s1. The van der Waals surface area contributed by atoms with Crippen molar-refractivity contribution in [3.63, 3.8) is 0 Å². The van der Waals surface area contributed by atoms with Crippen LogP contribution in [0.5, 0.6) is 28.7 Å². The summed E-state index contributed by atoms with van der Waals surface area (Å²) in [5.41, 5.74) is -1.10. The first kappa shape index (κ1) is 24.1. The Hall–Kier alpha value is -4.00. The second kappa shape index (κ2) is 8.98. The molecule has 1 fully saturated rings. The summed E-state index contributed by atoms with van der Waals surface area (Å²) in [4.78, 5) is 24.7. The number of phenolic OH excluding ortho intramolecular Hbond substituents is 4. The van der Waals surface area contributed by atoms with Gasteiger partial charge in [-0.25, -0.2) is 0 Å². The second-order valence-electron chi connectivity index (χ2n) is 8.01. The number of hydrogen-bond acceptors (Lipinski definition) is 12. The van der Waals surface area contributed by atoms with Crippen molar-refractivity contribution < 1.29 is 54.1 Å². The molecule has 5 atom stereocenters. The van der Waals surface area contributed by atoms with Crippen LogP contribution in [-0.2, 0) is 14.3 Å². The quantitative estimate of drug-likeness (QED) is 0.225. The number of carbonyl (C=O) groups excluding carboxylic acids is 1. The summed E-state index contributed by atoms with van der Waals surface area (Å²) < 4.78 is 21.9. The molecule has 1 aliphatic heterocycles. The third-order valence-electron chi connectivity index (χ3n) is 5.47. The van der Waals surface area contributed by atoms with E-state index in [0.717, 1.165) is 31.2 Å². The molecule has 6 N–H and O–H groups in total. The summed E-state index contributed by atoms with van der Waals surface area (Å²) in [6.45, 7) is 2.58. The van der Waals surface area contributed by atoms with Gasteiger partial charge in [-0.2, -0.15) is 0 Å². The maximum absolute atomic E-state index is 13.4. The molecule has 0 amide bonds. The highest BCUT2D eigenvalue weighted by atomic mass is 16.7. The number of aliphatic hydroxyl groups is 2. The summed E-state index contributed by atoms with van der Waals surface area (Å²) in [7, 11) is 0. The van der Waals surface area contributed by atoms with Crippen molar-refractivity contribution >= 4 is 16.9 Å². The number of phenols is 4. The molecule has 2 heterocycles. The molecule has 12 heteroatoms. The van der Waals surface area contributed by atoms with Crippen molar-refractivity contribution in [2.75, 3.05) is 0 Å². The van der Waals surface area contributed by atoms with Crippen LogP contribution < -0.4 is 10.2 Å². The fourth-order valence-electron chi connectivity index (χ4n) is 3.80. The van der Waals surface area contributed by atoms with Crippen LogP contribution in [0.4, 0.5) is 0 Å². The van der Waals surface area contributed by atoms with Crippen LogP contribution >= 0.6 is 0 Å². The maximum Gasteiger partial charge on any atom is 0.303 e. The molecule has 0 radical (unpaired) electrons. The Labute approximate surface area is 196 Å². The van der Waals surface area contributed by atoms with E-state index >= 15 is 0 Å². The molecule has 1 aromatic heterocycles. The number of hydrogen-bond donors (Lipinski definition) is 6. The number of rotatable bonds is 4. The maximum atomic E-state index is 13.4. The van der Waals surface area contributed by atoms with Gasteiger partial charge in [0.15, 0.2) is 23.4 Å². The molecule has 12 nitrogen and oxygen atoms in total. The molecule has 0 saturated carbocycles. The largest absolute Gasteiger partial charge is 0.508 e. The minimum atomic E-state index is -1.78. The first-order chi connectivity index (χ1) is 16.5. The van der Waals surface area contributed by atoms with Crippen LogP contribution in [-0.4, -0.2) is 67.3 Å². The molecular weight excluding hydrogens is 468 g/mol. The topological polar surface area (TPSA) is 196 Å². The van der Waals surface area contributed by atoms with Gasteiger partial charge < -0.3 is 49.3 Å². The number of carbonyl (C=O) groups is 1. The van der Waals surface area contributed by atoms with Gasteiger partial charge in [-0.15, -0.1) is 0 Å². The minimum absolute atomic E-state index is 0.0498. The SMILES string of the molecule is CC(=O)O[C@H]1[C@@H](O)[C@@H](O)[C@@H](Oc2c(-c3ccc(O)c(O)c3)oc3cc(O)cc(O)c3c2=O)O[C@H]1C. The van der Waals surface area contributed by atoms with Crippen molar-refractivity contribution in [3.8, 4) is 40.1 Å². The van der Waals surface area contributed by atoms with E-state index in [9.17, 15) is 40.2 Å². The van der Waals surface area contributed by atoms with Crippen LogP contribution in [0.15, 0.2) is 39.5 Å². The lowest BCUT2D eigenvalue weighted by Crippen LogP contribution is -2.59. The Balaban J connectivity index is 1.84. The highest BCUT2D eigenvalue weighted by molar-refractivity contribution is 5.88. The van der Waals surface area contributed by atoms with Crippen LogP contribution in [0.25, 0.3) is 22.3 Å². The van der Waals surface area contributed by atoms with E-state index in [2.05, 4.69) is 0 Å². The van der Waals surface area contributed by atoms with E-state index in [1.165, 1.54) is 13.0 Å². The van der Waals surface area contributed by atoms with Crippen LogP contribution in [0, 0.1) is 0 Å². The van der Waals surface area contributed by atoms with Gasteiger partial charge in [0, 0.05) is 24.6 Å². The van der Waals surface area contributed by atoms with Crippen molar-refractivity contribution in [3.05, 3.63) is 40.6 Å². The lowest BCUT2D eigenvalue weighted by Gasteiger charge is -2.40. The Morgan fingerprint density at radius 3 is 2.34 bits per heavy atom. The summed E-state index contributed by atoms with van der Waals surface area (Å²) in [5, 5.41) is 60.3. The van der Waals surface area contributed by atoms with E-state index in [1.807, 2.05) is 0 Å². The summed E-state index contributed by atoms with van der Waals surface area (Å²) in [6, 6.07) is 5.48.